The van der Waals surface area contributed by atoms with E-state index in [1.165, 1.54) is 6.08 Å². The average Bonchev–Trinajstić information content (AvgIpc) is 3.07. The molecule has 2 aromatic heterocycles. The van der Waals surface area contributed by atoms with Gasteiger partial charge in [0.2, 0.25) is 11.8 Å². The molecule has 1 N–H and O–H groups in total. The lowest BCUT2D eigenvalue weighted by Gasteiger charge is -2.10. The highest BCUT2D eigenvalue weighted by molar-refractivity contribution is 6.32. The molecule has 172 valence electrons. The molecule has 0 aliphatic heterocycles. The molecule has 0 aliphatic rings. The maximum atomic E-state index is 12.2. The lowest BCUT2D eigenvalue weighted by Crippen LogP contribution is -2.07. The van der Waals surface area contributed by atoms with Crippen LogP contribution in [-0.4, -0.2) is 25.7 Å². The van der Waals surface area contributed by atoms with Crippen LogP contribution in [0.1, 0.15) is 28.3 Å². The highest BCUT2D eigenvalue weighted by Gasteiger charge is 2.13. The molecule has 0 saturated heterocycles. The van der Waals surface area contributed by atoms with Crippen molar-refractivity contribution in [1.82, 2.24) is 19.7 Å². The van der Waals surface area contributed by atoms with Gasteiger partial charge in [-0.2, -0.15) is 10.1 Å². The van der Waals surface area contributed by atoms with Crippen LogP contribution in [0, 0.1) is 27.7 Å². The van der Waals surface area contributed by atoms with Gasteiger partial charge in [0.05, 0.1) is 5.69 Å². The number of ether oxygens (including phenoxy) is 1. The molecule has 34 heavy (non-hydrogen) atoms. The molecule has 7 nitrogen and oxygen atoms in total. The number of halogens is 1. The summed E-state index contributed by atoms with van der Waals surface area (Å²) >= 11 is 6.11. The Hall–Kier alpha value is -3.97. The number of anilines is 1. The summed E-state index contributed by atoms with van der Waals surface area (Å²) in [5.41, 5.74) is 4.51. The van der Waals surface area contributed by atoms with Gasteiger partial charge in [-0.3, -0.25) is 4.79 Å². The molecule has 1 amide bonds. The van der Waals surface area contributed by atoms with E-state index in [2.05, 4.69) is 20.4 Å². The van der Waals surface area contributed by atoms with Gasteiger partial charge in [-0.15, -0.1) is 0 Å². The Morgan fingerprint density at radius 1 is 1.03 bits per heavy atom. The highest BCUT2D eigenvalue weighted by Crippen LogP contribution is 2.24. The van der Waals surface area contributed by atoms with Gasteiger partial charge in [0, 0.05) is 28.5 Å². The number of hydrogen-bond acceptors (Lipinski definition) is 5. The van der Waals surface area contributed by atoms with E-state index < -0.39 is 0 Å². The second kappa shape index (κ2) is 9.89. The number of amides is 1. The Balaban J connectivity index is 1.44. The third kappa shape index (κ3) is 5.32. The van der Waals surface area contributed by atoms with Crippen molar-refractivity contribution in [3.05, 3.63) is 94.0 Å². The molecule has 0 aliphatic carbocycles. The molecule has 4 rings (SSSR count). The number of carbonyl (C=O) groups excluding carboxylic acids is 1. The van der Waals surface area contributed by atoms with E-state index in [9.17, 15) is 4.79 Å². The van der Waals surface area contributed by atoms with Gasteiger partial charge < -0.3 is 10.1 Å². The zero-order valence-corrected chi connectivity index (χ0v) is 20.1. The molecule has 8 heteroatoms. The monoisotopic (exact) mass is 473 g/mol. The molecular weight excluding hydrogens is 450 g/mol. The van der Waals surface area contributed by atoms with Gasteiger partial charge >= 0.3 is 0 Å². The van der Waals surface area contributed by atoms with E-state index in [4.69, 9.17) is 16.3 Å². The summed E-state index contributed by atoms with van der Waals surface area (Å²) in [6.07, 6.45) is 3.12. The fourth-order valence-corrected chi connectivity index (χ4v) is 3.52. The maximum absolute atomic E-state index is 12.2. The van der Waals surface area contributed by atoms with Crippen molar-refractivity contribution in [2.24, 2.45) is 0 Å². The van der Waals surface area contributed by atoms with Crippen LogP contribution in [0.25, 0.3) is 11.9 Å². The van der Waals surface area contributed by atoms with Crippen molar-refractivity contribution < 1.29 is 9.53 Å². The molecule has 0 atom stereocenters. The Morgan fingerprint density at radius 3 is 2.44 bits per heavy atom. The minimum Gasteiger partial charge on any atom is -0.439 e. The largest absolute Gasteiger partial charge is 0.439 e. The third-order valence-corrected chi connectivity index (χ3v) is 5.68. The zero-order chi connectivity index (χ0) is 24.2. The van der Waals surface area contributed by atoms with E-state index >= 15 is 0 Å². The van der Waals surface area contributed by atoms with Crippen molar-refractivity contribution in [1.29, 1.82) is 0 Å². The van der Waals surface area contributed by atoms with Crippen LogP contribution in [0.4, 0.5) is 5.69 Å². The normalized spacial score (nSPS) is 11.1. The van der Waals surface area contributed by atoms with Gasteiger partial charge in [-0.1, -0.05) is 29.8 Å². The van der Waals surface area contributed by atoms with Crippen LogP contribution in [0.15, 0.2) is 60.7 Å². The van der Waals surface area contributed by atoms with Crippen molar-refractivity contribution in [2.45, 2.75) is 27.7 Å². The molecular formula is C26H24ClN5O2. The SMILES string of the molecule is Cc1nc(Oc2ccc(NC(=O)/C=C/c3ccccc3Cl)cc2)cc(-n2nc(C)c(C)c2C)n1. The molecule has 2 aromatic carbocycles. The predicted octanol–water partition coefficient (Wildman–Crippen LogP) is 5.99. The van der Waals surface area contributed by atoms with Crippen LogP contribution in [-0.2, 0) is 4.79 Å². The van der Waals surface area contributed by atoms with E-state index in [1.807, 2.05) is 45.9 Å². The summed E-state index contributed by atoms with van der Waals surface area (Å²) in [5.74, 6) is 1.95. The smallest absolute Gasteiger partial charge is 0.248 e. The number of carbonyl (C=O) groups is 1. The summed E-state index contributed by atoms with van der Waals surface area (Å²) in [6, 6.07) is 16.1. The van der Waals surface area contributed by atoms with Crippen molar-refractivity contribution in [3.63, 3.8) is 0 Å². The summed E-state index contributed by atoms with van der Waals surface area (Å²) in [5, 5.41) is 7.97. The first-order valence-corrected chi connectivity index (χ1v) is 11.1. The van der Waals surface area contributed by atoms with Crippen LogP contribution in [0.2, 0.25) is 5.02 Å². The van der Waals surface area contributed by atoms with Crippen LogP contribution >= 0.6 is 11.6 Å². The Kier molecular flexibility index (Phi) is 6.75. The molecule has 0 unspecified atom stereocenters. The lowest BCUT2D eigenvalue weighted by molar-refractivity contribution is -0.111. The van der Waals surface area contributed by atoms with Gasteiger partial charge in [0.15, 0.2) is 5.82 Å². The number of nitrogens with zero attached hydrogens (tertiary/aromatic N) is 4. The summed E-state index contributed by atoms with van der Waals surface area (Å²) in [4.78, 5) is 21.1. The predicted molar refractivity (Wildman–Crippen MR) is 134 cm³/mol. The van der Waals surface area contributed by atoms with Gasteiger partial charge in [0.1, 0.15) is 11.6 Å². The van der Waals surface area contributed by atoms with Crippen LogP contribution in [0.5, 0.6) is 11.6 Å². The van der Waals surface area contributed by atoms with Crippen LogP contribution in [0.3, 0.4) is 0 Å². The van der Waals surface area contributed by atoms with Gasteiger partial charge in [0.25, 0.3) is 0 Å². The topological polar surface area (TPSA) is 81.9 Å². The molecule has 2 heterocycles. The first-order chi connectivity index (χ1) is 16.3. The van der Waals surface area contributed by atoms with Gasteiger partial charge in [-0.05, 0) is 75.2 Å². The molecule has 0 radical (unpaired) electrons. The van der Waals surface area contributed by atoms with Crippen molar-refractivity contribution in [3.8, 4) is 17.4 Å². The van der Waals surface area contributed by atoms with E-state index in [-0.39, 0.29) is 5.91 Å². The number of aromatic nitrogens is 4. The fraction of sp³-hybridized carbons (Fsp3) is 0.154. The molecule has 0 fully saturated rings. The summed E-state index contributed by atoms with van der Waals surface area (Å²) in [7, 11) is 0. The maximum Gasteiger partial charge on any atom is 0.248 e. The Bertz CT molecular complexity index is 1380. The lowest BCUT2D eigenvalue weighted by atomic mass is 10.2. The molecule has 0 spiro atoms. The van der Waals surface area contributed by atoms with E-state index in [1.54, 1.807) is 47.2 Å². The minimum atomic E-state index is -0.259. The van der Waals surface area contributed by atoms with E-state index in [0.29, 0.717) is 34.0 Å². The Labute approximate surface area is 203 Å². The zero-order valence-electron chi connectivity index (χ0n) is 19.3. The highest BCUT2D eigenvalue weighted by atomic mass is 35.5. The molecule has 4 aromatic rings. The summed E-state index contributed by atoms with van der Waals surface area (Å²) in [6.45, 7) is 7.82. The molecule has 0 bridgehead atoms. The van der Waals surface area contributed by atoms with Crippen LogP contribution < -0.4 is 10.1 Å². The number of rotatable bonds is 6. The number of aryl methyl sites for hydroxylation is 2. The average molecular weight is 474 g/mol. The number of benzene rings is 2. The Morgan fingerprint density at radius 2 is 1.76 bits per heavy atom. The van der Waals surface area contributed by atoms with Crippen molar-refractivity contribution in [2.75, 3.05) is 5.32 Å². The fourth-order valence-electron chi connectivity index (χ4n) is 3.32. The standard InChI is InChI=1S/C26H24ClN5O2/c1-16-17(2)31-32(18(16)3)24-15-26(29-19(4)28-24)34-22-12-10-21(11-13-22)30-25(33)14-9-20-7-5-6-8-23(20)27/h5-15H,1-4H3,(H,30,33)/b14-9+. The number of hydrogen-bond donors (Lipinski definition) is 1. The summed E-state index contributed by atoms with van der Waals surface area (Å²) < 4.78 is 7.74. The van der Waals surface area contributed by atoms with Gasteiger partial charge in [-0.25, -0.2) is 9.67 Å². The first kappa shape index (κ1) is 23.2. The second-order valence-corrected chi connectivity index (χ2v) is 8.20. The quantitative estimate of drug-likeness (QED) is 0.347. The minimum absolute atomic E-state index is 0.259. The number of nitrogens with one attached hydrogen (secondary N) is 1. The third-order valence-electron chi connectivity index (χ3n) is 5.33. The first-order valence-electron chi connectivity index (χ1n) is 10.7. The van der Waals surface area contributed by atoms with Crippen molar-refractivity contribution >= 4 is 29.3 Å². The second-order valence-electron chi connectivity index (χ2n) is 7.79. The molecule has 0 saturated carbocycles. The van der Waals surface area contributed by atoms with E-state index in [0.717, 1.165) is 22.5 Å².